The molecule has 1 atom stereocenters. The summed E-state index contributed by atoms with van der Waals surface area (Å²) in [5, 5.41) is 9.15. The van der Waals surface area contributed by atoms with Crippen LogP contribution in [0.15, 0.2) is 30.6 Å². The van der Waals surface area contributed by atoms with Crippen molar-refractivity contribution in [1.82, 2.24) is 15.0 Å². The van der Waals surface area contributed by atoms with Crippen LogP contribution in [0.2, 0.25) is 0 Å². The van der Waals surface area contributed by atoms with Crippen LogP contribution in [0.4, 0.5) is 17.6 Å². The SMILES string of the molecule is CN(c1ccnc(N2CCOCC2)n1)C1CCCN(c2cc(C#N)ccn2)C1. The van der Waals surface area contributed by atoms with E-state index in [1.54, 1.807) is 12.3 Å². The summed E-state index contributed by atoms with van der Waals surface area (Å²) in [6.07, 6.45) is 5.72. The molecule has 0 N–H and O–H groups in total. The smallest absolute Gasteiger partial charge is 0.227 e. The van der Waals surface area contributed by atoms with Gasteiger partial charge in [0, 0.05) is 51.7 Å². The van der Waals surface area contributed by atoms with Crippen LogP contribution >= 0.6 is 0 Å². The minimum absolute atomic E-state index is 0.328. The number of morpholine rings is 1. The summed E-state index contributed by atoms with van der Waals surface area (Å²) in [6, 6.07) is 8.10. The maximum Gasteiger partial charge on any atom is 0.227 e. The van der Waals surface area contributed by atoms with Gasteiger partial charge in [-0.1, -0.05) is 0 Å². The molecule has 2 aromatic heterocycles. The normalized spacial score (nSPS) is 19.9. The summed E-state index contributed by atoms with van der Waals surface area (Å²) >= 11 is 0. The Kier molecular flexibility index (Phi) is 5.53. The molecule has 2 fully saturated rings. The molecule has 2 aliphatic rings. The maximum absolute atomic E-state index is 9.15. The highest BCUT2D eigenvalue weighted by atomic mass is 16.5. The van der Waals surface area contributed by atoms with Gasteiger partial charge in [0.05, 0.1) is 24.8 Å². The second-order valence-corrected chi connectivity index (χ2v) is 7.18. The summed E-state index contributed by atoms with van der Waals surface area (Å²) in [6.45, 7) is 4.90. The summed E-state index contributed by atoms with van der Waals surface area (Å²) in [5.74, 6) is 2.57. The number of pyridine rings is 1. The average molecular weight is 379 g/mol. The molecule has 4 heterocycles. The number of anilines is 3. The Morgan fingerprint density at radius 1 is 1.14 bits per heavy atom. The van der Waals surface area contributed by atoms with Gasteiger partial charge in [-0.25, -0.2) is 9.97 Å². The Hall–Kier alpha value is -2.92. The van der Waals surface area contributed by atoms with Crippen molar-refractivity contribution in [1.29, 1.82) is 5.26 Å². The topological polar surface area (TPSA) is 81.4 Å². The lowest BCUT2D eigenvalue weighted by Gasteiger charge is -2.39. The molecule has 1 unspecified atom stereocenters. The number of nitriles is 1. The number of piperidine rings is 1. The third-order valence-electron chi connectivity index (χ3n) is 5.43. The lowest BCUT2D eigenvalue weighted by atomic mass is 10.0. The van der Waals surface area contributed by atoms with E-state index in [1.807, 2.05) is 18.3 Å². The first kappa shape index (κ1) is 18.4. The molecule has 2 saturated heterocycles. The molecule has 2 aliphatic heterocycles. The monoisotopic (exact) mass is 379 g/mol. The first-order valence-corrected chi connectivity index (χ1v) is 9.74. The number of nitrogens with zero attached hydrogens (tertiary/aromatic N) is 7. The van der Waals surface area contributed by atoms with Crippen molar-refractivity contribution < 1.29 is 4.74 Å². The Balaban J connectivity index is 1.48. The summed E-state index contributed by atoms with van der Waals surface area (Å²) in [7, 11) is 2.10. The van der Waals surface area contributed by atoms with E-state index in [2.05, 4.69) is 37.8 Å². The third kappa shape index (κ3) is 3.99. The van der Waals surface area contributed by atoms with Gasteiger partial charge in [0.25, 0.3) is 0 Å². The zero-order valence-electron chi connectivity index (χ0n) is 16.2. The van der Waals surface area contributed by atoms with Crippen LogP contribution in [0.1, 0.15) is 18.4 Å². The van der Waals surface area contributed by atoms with Crippen LogP contribution in [0.25, 0.3) is 0 Å². The number of rotatable bonds is 4. The Morgan fingerprint density at radius 2 is 1.96 bits per heavy atom. The first-order valence-electron chi connectivity index (χ1n) is 9.74. The highest BCUT2D eigenvalue weighted by Gasteiger charge is 2.26. The number of likely N-dealkylation sites (N-methyl/N-ethyl adjacent to an activating group) is 1. The summed E-state index contributed by atoms with van der Waals surface area (Å²) in [5.41, 5.74) is 0.645. The molecule has 0 aliphatic carbocycles. The molecule has 0 saturated carbocycles. The van der Waals surface area contributed by atoms with Crippen molar-refractivity contribution >= 4 is 17.6 Å². The van der Waals surface area contributed by atoms with Crippen molar-refractivity contribution in [3.8, 4) is 6.07 Å². The summed E-state index contributed by atoms with van der Waals surface area (Å²) in [4.78, 5) is 20.4. The minimum Gasteiger partial charge on any atom is -0.378 e. The van der Waals surface area contributed by atoms with Crippen LogP contribution in [0.5, 0.6) is 0 Å². The van der Waals surface area contributed by atoms with E-state index in [-0.39, 0.29) is 0 Å². The van der Waals surface area contributed by atoms with E-state index in [4.69, 9.17) is 15.0 Å². The Morgan fingerprint density at radius 3 is 2.79 bits per heavy atom. The highest BCUT2D eigenvalue weighted by Crippen LogP contribution is 2.24. The predicted octanol–water partition coefficient (Wildman–Crippen LogP) is 1.69. The van der Waals surface area contributed by atoms with Crippen molar-refractivity contribution in [2.45, 2.75) is 18.9 Å². The highest BCUT2D eigenvalue weighted by molar-refractivity contribution is 5.48. The van der Waals surface area contributed by atoms with Gasteiger partial charge in [0.2, 0.25) is 5.95 Å². The zero-order chi connectivity index (χ0) is 19.3. The van der Waals surface area contributed by atoms with E-state index in [9.17, 15) is 0 Å². The Bertz CT molecular complexity index is 846. The molecular weight excluding hydrogens is 354 g/mol. The molecule has 0 amide bonds. The molecule has 28 heavy (non-hydrogen) atoms. The maximum atomic E-state index is 9.15. The fourth-order valence-electron chi connectivity index (χ4n) is 3.78. The molecule has 4 rings (SSSR count). The molecule has 0 radical (unpaired) electrons. The van der Waals surface area contributed by atoms with Gasteiger partial charge in [0.15, 0.2) is 0 Å². The third-order valence-corrected chi connectivity index (χ3v) is 5.43. The average Bonchev–Trinajstić information content (AvgIpc) is 2.79. The fourth-order valence-corrected chi connectivity index (χ4v) is 3.78. The van der Waals surface area contributed by atoms with Crippen molar-refractivity contribution in [2.24, 2.45) is 0 Å². The molecular formula is C20H25N7O. The van der Waals surface area contributed by atoms with Gasteiger partial charge < -0.3 is 19.4 Å². The van der Waals surface area contributed by atoms with Crippen molar-refractivity contribution in [3.05, 3.63) is 36.2 Å². The van der Waals surface area contributed by atoms with E-state index >= 15 is 0 Å². The van der Waals surface area contributed by atoms with Gasteiger partial charge in [-0.3, -0.25) is 0 Å². The van der Waals surface area contributed by atoms with Gasteiger partial charge in [-0.2, -0.15) is 10.2 Å². The molecule has 2 aromatic rings. The van der Waals surface area contributed by atoms with E-state index < -0.39 is 0 Å². The van der Waals surface area contributed by atoms with Crippen LogP contribution in [0, 0.1) is 11.3 Å². The molecule has 8 heteroatoms. The molecule has 146 valence electrons. The van der Waals surface area contributed by atoms with Crippen LogP contribution < -0.4 is 14.7 Å². The van der Waals surface area contributed by atoms with Crippen molar-refractivity contribution in [2.75, 3.05) is 61.1 Å². The van der Waals surface area contributed by atoms with Crippen LogP contribution in [0.3, 0.4) is 0 Å². The van der Waals surface area contributed by atoms with Gasteiger partial charge in [-0.05, 0) is 31.0 Å². The quantitative estimate of drug-likeness (QED) is 0.794. The lowest BCUT2D eigenvalue weighted by Crippen LogP contribution is -2.47. The standard InChI is InChI=1S/C20H25N7O/c1-25(18-5-7-23-20(24-18)26-9-11-28-12-10-26)17-3-2-8-27(15-17)19-13-16(14-21)4-6-22-19/h4-7,13,17H,2-3,8-12,15H2,1H3. The Labute approximate surface area is 165 Å². The molecule has 0 bridgehead atoms. The number of hydrogen-bond donors (Lipinski definition) is 0. The predicted molar refractivity (Wildman–Crippen MR) is 108 cm³/mol. The minimum atomic E-state index is 0.328. The summed E-state index contributed by atoms with van der Waals surface area (Å²) < 4.78 is 5.43. The zero-order valence-corrected chi connectivity index (χ0v) is 16.2. The largest absolute Gasteiger partial charge is 0.378 e. The number of ether oxygens (including phenoxy) is 1. The van der Waals surface area contributed by atoms with Gasteiger partial charge in [-0.15, -0.1) is 0 Å². The van der Waals surface area contributed by atoms with E-state index in [0.717, 1.165) is 69.8 Å². The van der Waals surface area contributed by atoms with Gasteiger partial charge >= 0.3 is 0 Å². The van der Waals surface area contributed by atoms with Crippen LogP contribution in [-0.4, -0.2) is 67.4 Å². The molecule has 8 nitrogen and oxygen atoms in total. The van der Waals surface area contributed by atoms with E-state index in [1.165, 1.54) is 0 Å². The number of aromatic nitrogens is 3. The van der Waals surface area contributed by atoms with Gasteiger partial charge in [0.1, 0.15) is 11.6 Å². The van der Waals surface area contributed by atoms with E-state index in [0.29, 0.717) is 11.6 Å². The van der Waals surface area contributed by atoms with Crippen LogP contribution in [-0.2, 0) is 4.74 Å². The lowest BCUT2D eigenvalue weighted by molar-refractivity contribution is 0.122. The molecule has 0 aromatic carbocycles. The second kappa shape index (κ2) is 8.40. The second-order valence-electron chi connectivity index (χ2n) is 7.18. The molecule has 0 spiro atoms. The fraction of sp³-hybridized carbons (Fsp3) is 0.500. The van der Waals surface area contributed by atoms with Crippen molar-refractivity contribution in [3.63, 3.8) is 0 Å². The number of hydrogen-bond acceptors (Lipinski definition) is 8. The first-order chi connectivity index (χ1) is 13.7.